The lowest BCUT2D eigenvalue weighted by atomic mass is 10.1. The third kappa shape index (κ3) is 5.64. The first-order chi connectivity index (χ1) is 14.1. The largest absolute Gasteiger partial charge is 0.378 e. The monoisotopic (exact) mass is 458 g/mol. The number of aryl methyl sites for hydroxylation is 2. The fourth-order valence-corrected chi connectivity index (χ4v) is 4.06. The van der Waals surface area contributed by atoms with Crippen molar-refractivity contribution >= 4 is 27.5 Å². The SMILES string of the molecule is Cc1ccc(S(=O)(=O)O)cc1.Cc1nc(Cl)c(F)c(N2CCN3CCOC[C@@H]3C2)n1. The zero-order valence-corrected chi connectivity index (χ0v) is 18.3. The second-order valence-electron chi connectivity index (χ2n) is 7.20. The van der Waals surface area contributed by atoms with E-state index in [0.717, 1.165) is 31.8 Å². The third-order valence-electron chi connectivity index (χ3n) is 4.96. The van der Waals surface area contributed by atoms with Crippen molar-refractivity contribution in [3.05, 3.63) is 46.6 Å². The summed E-state index contributed by atoms with van der Waals surface area (Å²) in [6.07, 6.45) is 0. The van der Waals surface area contributed by atoms with E-state index in [1.165, 1.54) is 12.1 Å². The fraction of sp³-hybridized carbons (Fsp3) is 0.474. The smallest absolute Gasteiger partial charge is 0.294 e. The normalized spacial score (nSPS) is 19.6. The van der Waals surface area contributed by atoms with Gasteiger partial charge in [-0.2, -0.15) is 12.8 Å². The van der Waals surface area contributed by atoms with Crippen LogP contribution in [0.5, 0.6) is 0 Å². The number of piperazine rings is 1. The van der Waals surface area contributed by atoms with Crippen molar-refractivity contribution in [3.63, 3.8) is 0 Å². The molecule has 2 fully saturated rings. The van der Waals surface area contributed by atoms with Crippen LogP contribution in [0.15, 0.2) is 29.2 Å². The van der Waals surface area contributed by atoms with Gasteiger partial charge < -0.3 is 9.64 Å². The molecule has 164 valence electrons. The Morgan fingerprint density at radius 3 is 2.53 bits per heavy atom. The Hall–Kier alpha value is -1.85. The molecule has 0 bridgehead atoms. The Morgan fingerprint density at radius 1 is 1.17 bits per heavy atom. The van der Waals surface area contributed by atoms with Crippen LogP contribution >= 0.6 is 11.6 Å². The van der Waals surface area contributed by atoms with E-state index in [9.17, 15) is 12.8 Å². The van der Waals surface area contributed by atoms with Crippen molar-refractivity contribution < 1.29 is 22.1 Å². The van der Waals surface area contributed by atoms with Crippen molar-refractivity contribution in [3.8, 4) is 0 Å². The van der Waals surface area contributed by atoms with E-state index in [0.29, 0.717) is 30.8 Å². The average molecular weight is 459 g/mol. The lowest BCUT2D eigenvalue weighted by molar-refractivity contribution is -0.0118. The molecule has 1 aromatic carbocycles. The number of benzene rings is 1. The molecule has 4 rings (SSSR count). The lowest BCUT2D eigenvalue weighted by Gasteiger charge is -2.44. The van der Waals surface area contributed by atoms with Crippen LogP contribution in [0.25, 0.3) is 0 Å². The second-order valence-corrected chi connectivity index (χ2v) is 8.98. The van der Waals surface area contributed by atoms with Crippen LogP contribution in [0.2, 0.25) is 5.15 Å². The number of ether oxygens (including phenoxy) is 1. The maximum atomic E-state index is 14.0. The first-order valence-electron chi connectivity index (χ1n) is 9.45. The molecule has 2 aromatic rings. The molecule has 2 aliphatic heterocycles. The summed E-state index contributed by atoms with van der Waals surface area (Å²) >= 11 is 5.79. The van der Waals surface area contributed by atoms with Gasteiger partial charge in [-0.15, -0.1) is 0 Å². The molecule has 8 nitrogen and oxygen atoms in total. The van der Waals surface area contributed by atoms with Crippen molar-refractivity contribution in [1.29, 1.82) is 0 Å². The number of morpholine rings is 1. The fourth-order valence-electron chi connectivity index (χ4n) is 3.37. The van der Waals surface area contributed by atoms with E-state index >= 15 is 0 Å². The Morgan fingerprint density at radius 2 is 1.87 bits per heavy atom. The van der Waals surface area contributed by atoms with Gasteiger partial charge in [0.05, 0.1) is 24.2 Å². The predicted molar refractivity (Wildman–Crippen MR) is 111 cm³/mol. The average Bonchev–Trinajstić information content (AvgIpc) is 2.70. The highest BCUT2D eigenvalue weighted by molar-refractivity contribution is 7.85. The van der Waals surface area contributed by atoms with Gasteiger partial charge >= 0.3 is 0 Å². The standard InChI is InChI=1S/C12H16ClFN4O.C7H8O3S/c1-8-15-11(13)10(14)12(16-8)18-3-2-17-4-5-19-7-9(17)6-18;1-6-2-4-7(5-3-6)11(8,9)10/h9H,2-7H2,1H3;2-5H,1H3,(H,8,9,10)/t9-;/m0./s1. The molecular weight excluding hydrogens is 435 g/mol. The molecule has 2 aliphatic rings. The molecule has 0 spiro atoms. The number of halogens is 2. The lowest BCUT2D eigenvalue weighted by Crippen LogP contribution is -2.58. The van der Waals surface area contributed by atoms with E-state index in [-0.39, 0.29) is 10.0 Å². The third-order valence-corrected chi connectivity index (χ3v) is 6.08. The summed E-state index contributed by atoms with van der Waals surface area (Å²) < 4.78 is 49.1. The van der Waals surface area contributed by atoms with Gasteiger partial charge in [0.2, 0.25) is 5.82 Å². The number of aromatic nitrogens is 2. The summed E-state index contributed by atoms with van der Waals surface area (Å²) in [5, 5.41) is -0.107. The molecule has 0 saturated carbocycles. The van der Waals surface area contributed by atoms with Gasteiger partial charge in [0.1, 0.15) is 5.82 Å². The van der Waals surface area contributed by atoms with Gasteiger partial charge in [-0.1, -0.05) is 29.3 Å². The summed E-state index contributed by atoms with van der Waals surface area (Å²) in [5.41, 5.74) is 0.956. The molecule has 0 unspecified atom stereocenters. The summed E-state index contributed by atoms with van der Waals surface area (Å²) in [6, 6.07) is 6.29. The van der Waals surface area contributed by atoms with Crippen LogP contribution in [0.3, 0.4) is 0 Å². The van der Waals surface area contributed by atoms with Crippen LogP contribution in [-0.2, 0) is 14.9 Å². The number of hydrogen-bond donors (Lipinski definition) is 1. The molecule has 0 radical (unpaired) electrons. The van der Waals surface area contributed by atoms with Gasteiger partial charge in [0.25, 0.3) is 10.1 Å². The summed E-state index contributed by atoms with van der Waals surface area (Å²) in [7, 11) is -4.02. The minimum absolute atomic E-state index is 0.0666. The molecule has 30 heavy (non-hydrogen) atoms. The van der Waals surface area contributed by atoms with Gasteiger partial charge in [-0.05, 0) is 26.0 Å². The number of fused-ring (bicyclic) bond motifs is 1. The van der Waals surface area contributed by atoms with Crippen LogP contribution < -0.4 is 4.90 Å². The maximum Gasteiger partial charge on any atom is 0.294 e. The number of rotatable bonds is 2. The van der Waals surface area contributed by atoms with Gasteiger partial charge in [-0.3, -0.25) is 9.45 Å². The minimum Gasteiger partial charge on any atom is -0.378 e. The van der Waals surface area contributed by atoms with Crippen LogP contribution in [0.4, 0.5) is 10.2 Å². The summed E-state index contributed by atoms with van der Waals surface area (Å²) in [4.78, 5) is 12.3. The summed E-state index contributed by atoms with van der Waals surface area (Å²) in [5.74, 6) is 0.267. The minimum atomic E-state index is -4.02. The molecule has 11 heteroatoms. The predicted octanol–water partition coefficient (Wildman–Crippen LogP) is 2.34. The number of nitrogens with zero attached hydrogens (tertiary/aromatic N) is 4. The highest BCUT2D eigenvalue weighted by atomic mass is 35.5. The molecule has 1 N–H and O–H groups in total. The molecule has 1 aromatic heterocycles. The van der Waals surface area contributed by atoms with Gasteiger partial charge in [-0.25, -0.2) is 9.97 Å². The number of anilines is 1. The topological polar surface area (TPSA) is 95.9 Å². The second kappa shape index (κ2) is 9.52. The van der Waals surface area contributed by atoms with Crippen molar-refractivity contribution in [1.82, 2.24) is 14.9 Å². The molecule has 3 heterocycles. The molecule has 1 atom stereocenters. The Kier molecular flexibility index (Phi) is 7.25. The highest BCUT2D eigenvalue weighted by Gasteiger charge is 2.31. The first kappa shape index (κ1) is 22.8. The Labute approximate surface area is 180 Å². The van der Waals surface area contributed by atoms with E-state index < -0.39 is 15.9 Å². The van der Waals surface area contributed by atoms with Crippen LogP contribution in [0, 0.1) is 19.7 Å². The molecule has 2 saturated heterocycles. The van der Waals surface area contributed by atoms with Crippen LogP contribution in [-0.4, -0.2) is 73.3 Å². The van der Waals surface area contributed by atoms with Crippen molar-refractivity contribution in [2.45, 2.75) is 24.8 Å². The Balaban J connectivity index is 0.000000199. The number of hydrogen-bond acceptors (Lipinski definition) is 7. The van der Waals surface area contributed by atoms with Gasteiger partial charge in [0, 0.05) is 26.2 Å². The molecule has 0 amide bonds. The van der Waals surface area contributed by atoms with Crippen LogP contribution in [0.1, 0.15) is 11.4 Å². The van der Waals surface area contributed by atoms with Gasteiger partial charge in [0.15, 0.2) is 11.0 Å². The first-order valence-corrected chi connectivity index (χ1v) is 11.3. The van der Waals surface area contributed by atoms with E-state index in [2.05, 4.69) is 14.9 Å². The van der Waals surface area contributed by atoms with E-state index in [4.69, 9.17) is 20.9 Å². The van der Waals surface area contributed by atoms with E-state index in [1.54, 1.807) is 19.1 Å². The Bertz CT molecular complexity index is 991. The van der Waals surface area contributed by atoms with Crippen molar-refractivity contribution in [2.75, 3.05) is 44.3 Å². The zero-order valence-electron chi connectivity index (χ0n) is 16.8. The van der Waals surface area contributed by atoms with E-state index in [1.807, 2.05) is 11.8 Å². The summed E-state index contributed by atoms with van der Waals surface area (Å²) in [6.45, 7) is 8.34. The maximum absolute atomic E-state index is 14.0. The molecular formula is C19H24ClFN4O4S. The molecule has 0 aliphatic carbocycles. The zero-order chi connectivity index (χ0) is 21.9. The highest BCUT2D eigenvalue weighted by Crippen LogP contribution is 2.25. The quantitative estimate of drug-likeness (QED) is 0.541. The van der Waals surface area contributed by atoms with Crippen molar-refractivity contribution in [2.24, 2.45) is 0 Å².